The van der Waals surface area contributed by atoms with Crippen molar-refractivity contribution >= 4 is 11.6 Å². The van der Waals surface area contributed by atoms with E-state index in [9.17, 15) is 4.79 Å². The van der Waals surface area contributed by atoms with Gasteiger partial charge < -0.3 is 19.3 Å². The Labute approximate surface area is 148 Å². The van der Waals surface area contributed by atoms with E-state index in [1.54, 1.807) is 14.2 Å². The van der Waals surface area contributed by atoms with Crippen LogP contribution in [-0.2, 0) is 11.3 Å². The molecule has 2 aromatic rings. The van der Waals surface area contributed by atoms with Gasteiger partial charge in [-0.2, -0.15) is 0 Å². The van der Waals surface area contributed by atoms with Gasteiger partial charge in [-0.1, -0.05) is 24.3 Å². The van der Waals surface area contributed by atoms with Crippen molar-refractivity contribution in [1.29, 1.82) is 0 Å². The molecule has 132 valence electrons. The van der Waals surface area contributed by atoms with E-state index in [-0.39, 0.29) is 5.91 Å². The molecule has 0 N–H and O–H groups in total. The minimum Gasteiger partial charge on any atom is -0.495 e. The lowest BCUT2D eigenvalue weighted by molar-refractivity contribution is 0.0746. The average Bonchev–Trinajstić information content (AvgIpc) is 2.68. The summed E-state index contributed by atoms with van der Waals surface area (Å²) in [5.41, 5.74) is 2.82. The van der Waals surface area contributed by atoms with Gasteiger partial charge >= 0.3 is 0 Å². The van der Waals surface area contributed by atoms with Crippen molar-refractivity contribution in [3.8, 4) is 5.75 Å². The molecule has 1 fully saturated rings. The Kier molecular flexibility index (Phi) is 5.56. The van der Waals surface area contributed by atoms with Gasteiger partial charge in [0.05, 0.1) is 19.4 Å². The lowest BCUT2D eigenvalue weighted by atomic mass is 10.1. The van der Waals surface area contributed by atoms with Crippen LogP contribution >= 0.6 is 0 Å². The minimum atomic E-state index is 0.0811. The van der Waals surface area contributed by atoms with E-state index >= 15 is 0 Å². The van der Waals surface area contributed by atoms with E-state index in [0.29, 0.717) is 19.7 Å². The maximum atomic E-state index is 12.8. The number of hydrogen-bond donors (Lipinski definition) is 0. The topological polar surface area (TPSA) is 42.0 Å². The van der Waals surface area contributed by atoms with Crippen molar-refractivity contribution < 1.29 is 14.3 Å². The van der Waals surface area contributed by atoms with Crippen molar-refractivity contribution in [1.82, 2.24) is 4.90 Å². The molecule has 0 aromatic heterocycles. The third-order valence-corrected chi connectivity index (χ3v) is 4.48. The number of nitrogens with zero attached hydrogens (tertiary/aromatic N) is 2. The molecule has 0 aliphatic carbocycles. The average molecular weight is 340 g/mol. The van der Waals surface area contributed by atoms with Crippen LogP contribution in [-0.4, -0.2) is 51.2 Å². The fraction of sp³-hybridized carbons (Fsp3) is 0.350. The van der Waals surface area contributed by atoms with Crippen LogP contribution in [0.2, 0.25) is 0 Å². The van der Waals surface area contributed by atoms with Crippen LogP contribution in [0.15, 0.2) is 48.5 Å². The Morgan fingerprint density at radius 1 is 1.00 bits per heavy atom. The highest BCUT2D eigenvalue weighted by Crippen LogP contribution is 2.28. The first-order chi connectivity index (χ1) is 12.2. The number of benzene rings is 2. The number of hydrogen-bond acceptors (Lipinski definition) is 4. The van der Waals surface area contributed by atoms with E-state index in [1.165, 1.54) is 0 Å². The molecule has 0 bridgehead atoms. The number of amides is 1. The first-order valence-corrected chi connectivity index (χ1v) is 8.48. The second-order valence-corrected chi connectivity index (χ2v) is 6.08. The highest BCUT2D eigenvalue weighted by atomic mass is 16.5. The van der Waals surface area contributed by atoms with Crippen molar-refractivity contribution in [2.75, 3.05) is 45.3 Å². The smallest absolute Gasteiger partial charge is 0.253 e. The van der Waals surface area contributed by atoms with Gasteiger partial charge in [0.25, 0.3) is 5.91 Å². The molecule has 0 saturated carbocycles. The largest absolute Gasteiger partial charge is 0.495 e. The van der Waals surface area contributed by atoms with Crippen molar-refractivity contribution in [3.63, 3.8) is 0 Å². The molecule has 1 aliphatic rings. The number of piperazine rings is 1. The number of carbonyl (C=O) groups excluding carboxylic acids is 1. The van der Waals surface area contributed by atoms with Crippen LogP contribution in [0.3, 0.4) is 0 Å². The molecule has 1 heterocycles. The first kappa shape index (κ1) is 17.3. The molecular weight excluding hydrogens is 316 g/mol. The molecular formula is C20H24N2O3. The van der Waals surface area contributed by atoms with Crippen LogP contribution in [0.1, 0.15) is 15.9 Å². The maximum Gasteiger partial charge on any atom is 0.253 e. The highest BCUT2D eigenvalue weighted by molar-refractivity contribution is 5.94. The predicted molar refractivity (Wildman–Crippen MR) is 98.3 cm³/mol. The third-order valence-electron chi connectivity index (χ3n) is 4.48. The molecule has 5 heteroatoms. The Hall–Kier alpha value is -2.53. The molecule has 25 heavy (non-hydrogen) atoms. The standard InChI is InChI=1S/C20H24N2O3/c1-24-15-16-6-5-7-17(14-16)20(23)22-12-10-21(11-13-22)18-8-3-4-9-19(18)25-2/h3-9,14H,10-13,15H2,1-2H3. The van der Waals surface area contributed by atoms with E-state index in [0.717, 1.165) is 35.7 Å². The SMILES string of the molecule is COCc1cccc(C(=O)N2CCN(c3ccccc3OC)CC2)c1. The number of carbonyl (C=O) groups is 1. The second kappa shape index (κ2) is 8.03. The fourth-order valence-electron chi connectivity index (χ4n) is 3.18. The van der Waals surface area contributed by atoms with E-state index in [2.05, 4.69) is 11.0 Å². The molecule has 1 amide bonds. The summed E-state index contributed by atoms with van der Waals surface area (Å²) in [5, 5.41) is 0. The van der Waals surface area contributed by atoms with Gasteiger partial charge in [-0.25, -0.2) is 0 Å². The zero-order chi connectivity index (χ0) is 17.6. The van der Waals surface area contributed by atoms with Crippen LogP contribution in [0.5, 0.6) is 5.75 Å². The monoisotopic (exact) mass is 340 g/mol. The molecule has 0 unspecified atom stereocenters. The van der Waals surface area contributed by atoms with Gasteiger partial charge in [0.1, 0.15) is 5.75 Å². The molecule has 0 spiro atoms. The summed E-state index contributed by atoms with van der Waals surface area (Å²) in [7, 11) is 3.34. The van der Waals surface area contributed by atoms with E-state index in [1.807, 2.05) is 47.4 Å². The van der Waals surface area contributed by atoms with Crippen molar-refractivity contribution in [2.24, 2.45) is 0 Å². The molecule has 0 radical (unpaired) electrons. The lowest BCUT2D eigenvalue weighted by Crippen LogP contribution is -2.48. The third kappa shape index (κ3) is 3.94. The van der Waals surface area contributed by atoms with E-state index < -0.39 is 0 Å². The van der Waals surface area contributed by atoms with Crippen LogP contribution < -0.4 is 9.64 Å². The zero-order valence-corrected chi connectivity index (χ0v) is 14.8. The molecule has 0 atom stereocenters. The fourth-order valence-corrected chi connectivity index (χ4v) is 3.18. The maximum absolute atomic E-state index is 12.8. The highest BCUT2D eigenvalue weighted by Gasteiger charge is 2.23. The molecule has 1 saturated heterocycles. The first-order valence-electron chi connectivity index (χ1n) is 8.48. The lowest BCUT2D eigenvalue weighted by Gasteiger charge is -2.36. The summed E-state index contributed by atoms with van der Waals surface area (Å²) in [5.74, 6) is 0.951. The van der Waals surface area contributed by atoms with Gasteiger partial charge in [-0.3, -0.25) is 4.79 Å². The predicted octanol–water partition coefficient (Wildman–Crippen LogP) is 2.80. The summed E-state index contributed by atoms with van der Waals surface area (Å²) in [6.07, 6.45) is 0. The van der Waals surface area contributed by atoms with Gasteiger partial charge in [-0.15, -0.1) is 0 Å². The summed E-state index contributed by atoms with van der Waals surface area (Å²) in [6.45, 7) is 3.51. The van der Waals surface area contributed by atoms with Crippen molar-refractivity contribution in [2.45, 2.75) is 6.61 Å². The number of anilines is 1. The number of methoxy groups -OCH3 is 2. The van der Waals surface area contributed by atoms with Gasteiger partial charge in [0.15, 0.2) is 0 Å². The Bertz CT molecular complexity index is 724. The van der Waals surface area contributed by atoms with Gasteiger partial charge in [0, 0.05) is 38.9 Å². The second-order valence-electron chi connectivity index (χ2n) is 6.08. The normalized spacial score (nSPS) is 14.5. The Morgan fingerprint density at radius 3 is 2.48 bits per heavy atom. The molecule has 5 nitrogen and oxygen atoms in total. The molecule has 2 aromatic carbocycles. The van der Waals surface area contributed by atoms with Crippen LogP contribution in [0.4, 0.5) is 5.69 Å². The van der Waals surface area contributed by atoms with E-state index in [4.69, 9.17) is 9.47 Å². The Morgan fingerprint density at radius 2 is 1.76 bits per heavy atom. The van der Waals surface area contributed by atoms with Crippen molar-refractivity contribution in [3.05, 3.63) is 59.7 Å². The zero-order valence-electron chi connectivity index (χ0n) is 14.8. The summed E-state index contributed by atoms with van der Waals surface area (Å²) in [6, 6.07) is 15.7. The summed E-state index contributed by atoms with van der Waals surface area (Å²) < 4.78 is 10.6. The number of ether oxygens (including phenoxy) is 2. The van der Waals surface area contributed by atoms with Gasteiger partial charge in [0.2, 0.25) is 0 Å². The molecule has 1 aliphatic heterocycles. The quantitative estimate of drug-likeness (QED) is 0.839. The van der Waals surface area contributed by atoms with Crippen LogP contribution in [0, 0.1) is 0 Å². The minimum absolute atomic E-state index is 0.0811. The summed E-state index contributed by atoms with van der Waals surface area (Å²) >= 11 is 0. The Balaban J connectivity index is 1.66. The molecule has 3 rings (SSSR count). The van der Waals surface area contributed by atoms with Gasteiger partial charge in [-0.05, 0) is 29.8 Å². The number of rotatable bonds is 5. The van der Waals surface area contributed by atoms with Crippen LogP contribution in [0.25, 0.3) is 0 Å². The summed E-state index contributed by atoms with van der Waals surface area (Å²) in [4.78, 5) is 16.9. The number of para-hydroxylation sites is 2.